The van der Waals surface area contributed by atoms with E-state index in [-0.39, 0.29) is 36.1 Å². The highest BCUT2D eigenvalue weighted by molar-refractivity contribution is 5.88. The summed E-state index contributed by atoms with van der Waals surface area (Å²) < 4.78 is 7.23. The first-order valence-electron chi connectivity index (χ1n) is 19.8. The van der Waals surface area contributed by atoms with Crippen LogP contribution in [0.3, 0.4) is 0 Å². The van der Waals surface area contributed by atoms with Gasteiger partial charge < -0.3 is 29.7 Å². The topological polar surface area (TPSA) is 136 Å². The van der Waals surface area contributed by atoms with Crippen LogP contribution in [0.5, 0.6) is 0 Å². The second kappa shape index (κ2) is 16.2. The molecule has 3 aliphatic heterocycles. The van der Waals surface area contributed by atoms with Gasteiger partial charge in [0.1, 0.15) is 6.04 Å². The number of rotatable bonds is 8. The van der Waals surface area contributed by atoms with Gasteiger partial charge in [0.25, 0.3) is 5.56 Å². The van der Waals surface area contributed by atoms with E-state index in [2.05, 4.69) is 32.2 Å². The van der Waals surface area contributed by atoms with Crippen molar-refractivity contribution in [3.05, 3.63) is 75.7 Å². The first-order valence-corrected chi connectivity index (χ1v) is 19.8. The number of carbonyl (C=O) groups excluding carboxylic acids is 3. The Morgan fingerprint density at radius 1 is 0.909 bits per heavy atom. The number of piperazine rings is 1. The molecule has 2 N–H and O–H groups in total. The van der Waals surface area contributed by atoms with Crippen LogP contribution >= 0.6 is 0 Å². The van der Waals surface area contributed by atoms with E-state index in [1.54, 1.807) is 15.8 Å². The molecule has 2 aromatic heterocycles. The van der Waals surface area contributed by atoms with Crippen LogP contribution in [-0.4, -0.2) is 124 Å². The molecule has 3 amide bonds. The molecule has 7 rings (SSSR count). The fourth-order valence-corrected chi connectivity index (χ4v) is 8.50. The van der Waals surface area contributed by atoms with Gasteiger partial charge in [-0.25, -0.2) is 9.48 Å². The van der Waals surface area contributed by atoms with Gasteiger partial charge in [-0.1, -0.05) is 24.3 Å². The average molecular weight is 753 g/mol. The predicted octanol–water partition coefficient (Wildman–Crippen LogP) is 4.47. The number of nitrogens with one attached hydrogen (secondary N) is 2. The van der Waals surface area contributed by atoms with Crippen molar-refractivity contribution >= 4 is 39.7 Å². The van der Waals surface area contributed by atoms with E-state index in [4.69, 9.17) is 4.74 Å². The maximum Gasteiger partial charge on any atom is 0.318 e. The van der Waals surface area contributed by atoms with Crippen LogP contribution in [0, 0.1) is 12.3 Å². The number of benzene rings is 2. The summed E-state index contributed by atoms with van der Waals surface area (Å²) in [5.41, 5.74) is 3.58. The van der Waals surface area contributed by atoms with E-state index >= 15 is 0 Å². The Morgan fingerprint density at radius 2 is 1.62 bits per heavy atom. The zero-order valence-corrected chi connectivity index (χ0v) is 33.0. The number of aromatic nitrogens is 3. The fourth-order valence-electron chi connectivity index (χ4n) is 8.50. The van der Waals surface area contributed by atoms with Crippen molar-refractivity contribution in [3.63, 3.8) is 0 Å². The molecule has 13 nitrogen and oxygen atoms in total. The molecule has 55 heavy (non-hydrogen) atoms. The summed E-state index contributed by atoms with van der Waals surface area (Å²) in [7, 11) is 2.17. The Hall–Kier alpha value is -4.75. The zero-order valence-electron chi connectivity index (χ0n) is 33.0. The number of hydrogen-bond donors (Lipinski definition) is 2. The number of amides is 3. The number of fused-ring (bicyclic) bond motifs is 2. The number of likely N-dealkylation sites (tertiary alicyclic amines) is 2. The number of esters is 1. The molecule has 294 valence electrons. The second-order valence-corrected chi connectivity index (χ2v) is 16.8. The summed E-state index contributed by atoms with van der Waals surface area (Å²) in [6.07, 6.45) is 5.69. The largest absolute Gasteiger partial charge is 0.442 e. The molecular weight excluding hydrogens is 697 g/mol. The Morgan fingerprint density at radius 3 is 2.33 bits per heavy atom. The Labute approximate surface area is 322 Å². The lowest BCUT2D eigenvalue weighted by molar-refractivity contribution is -0.157. The maximum absolute atomic E-state index is 14.4. The molecule has 1 unspecified atom stereocenters. The molecule has 0 aliphatic carbocycles. The van der Waals surface area contributed by atoms with Gasteiger partial charge in [-0.05, 0) is 114 Å². The summed E-state index contributed by atoms with van der Waals surface area (Å²) in [4.78, 5) is 65.4. The second-order valence-electron chi connectivity index (χ2n) is 16.8. The number of carbonyl (C=O) groups is 3. The Bertz CT molecular complexity index is 2080. The number of para-hydroxylation sites is 1. The predicted molar refractivity (Wildman–Crippen MR) is 213 cm³/mol. The highest BCUT2D eigenvalue weighted by atomic mass is 16.5. The summed E-state index contributed by atoms with van der Waals surface area (Å²) in [6.45, 7) is 13.5. The van der Waals surface area contributed by atoms with Crippen molar-refractivity contribution < 1.29 is 19.1 Å². The summed E-state index contributed by atoms with van der Waals surface area (Å²) in [5, 5.41) is 9.53. The van der Waals surface area contributed by atoms with Gasteiger partial charge in [-0.2, -0.15) is 5.10 Å². The lowest BCUT2D eigenvalue weighted by Gasteiger charge is -2.43. The van der Waals surface area contributed by atoms with Gasteiger partial charge in [-0.15, -0.1) is 0 Å². The van der Waals surface area contributed by atoms with E-state index in [1.807, 2.05) is 75.1 Å². The average Bonchev–Trinajstić information content (AvgIpc) is 3.59. The van der Waals surface area contributed by atoms with Crippen LogP contribution in [0.25, 0.3) is 21.8 Å². The maximum atomic E-state index is 14.4. The summed E-state index contributed by atoms with van der Waals surface area (Å²) in [6, 6.07) is 13.3. The first kappa shape index (κ1) is 38.5. The van der Waals surface area contributed by atoms with Crippen molar-refractivity contribution in [2.24, 2.45) is 5.41 Å². The molecule has 3 fully saturated rings. The van der Waals surface area contributed by atoms with Gasteiger partial charge in [-0.3, -0.25) is 19.3 Å². The molecule has 0 radical (unpaired) electrons. The molecule has 5 heterocycles. The summed E-state index contributed by atoms with van der Waals surface area (Å²) >= 11 is 0. The van der Waals surface area contributed by atoms with Gasteiger partial charge in [0, 0.05) is 68.2 Å². The number of urea groups is 1. The first-order chi connectivity index (χ1) is 26.3. The highest BCUT2D eigenvalue weighted by Gasteiger charge is 2.34. The number of pyridine rings is 1. The molecule has 0 bridgehead atoms. The van der Waals surface area contributed by atoms with Gasteiger partial charge in [0.2, 0.25) is 5.91 Å². The minimum Gasteiger partial charge on any atom is -0.442 e. The molecule has 13 heteroatoms. The van der Waals surface area contributed by atoms with E-state index in [9.17, 15) is 19.2 Å². The molecule has 0 saturated carbocycles. The number of ether oxygens (including phenoxy) is 1. The van der Waals surface area contributed by atoms with Crippen molar-refractivity contribution in [2.45, 2.75) is 84.5 Å². The minimum absolute atomic E-state index is 0.00638. The Kier molecular flexibility index (Phi) is 11.3. The van der Waals surface area contributed by atoms with Crippen LogP contribution in [0.15, 0.2) is 53.5 Å². The Balaban J connectivity index is 1.05. The van der Waals surface area contributed by atoms with E-state index < -0.39 is 11.5 Å². The third kappa shape index (κ3) is 8.73. The van der Waals surface area contributed by atoms with E-state index in [1.165, 1.54) is 0 Å². The molecule has 3 saturated heterocycles. The SMILES string of the molecule is Cc1cc(CC(NC(=O)N2CCC(c3cc4ccccc4[nH]c3=O)CC2)C(=O)N2CCN(C3CCN(C)CC3)CC2)cc2cnn(COC(=O)C(C)(C)C)c12. The van der Waals surface area contributed by atoms with E-state index in [0.29, 0.717) is 51.5 Å². The molecule has 4 aromatic rings. The van der Waals surface area contributed by atoms with Crippen molar-refractivity contribution in [1.29, 1.82) is 0 Å². The lowest BCUT2D eigenvalue weighted by Crippen LogP contribution is -2.59. The molecular formula is C42H56N8O5. The minimum atomic E-state index is -0.761. The zero-order chi connectivity index (χ0) is 38.9. The molecule has 1 atom stereocenters. The van der Waals surface area contributed by atoms with Crippen LogP contribution in [0.4, 0.5) is 4.79 Å². The number of nitrogens with zero attached hydrogens (tertiary/aromatic N) is 6. The normalized spacial score (nSPS) is 18.9. The number of piperidine rings is 2. The number of hydrogen-bond acceptors (Lipinski definition) is 8. The van der Waals surface area contributed by atoms with Crippen LogP contribution < -0.4 is 10.9 Å². The molecule has 3 aliphatic rings. The standard InChI is InChI=1S/C42H56N8O5/c1-28-22-29(23-32-26-43-50(37(28)32)27-55-40(53)42(2,3)4)24-36(39(52)48-20-18-47(19-21-48)33-12-14-46(5)15-13-33)45-41(54)49-16-10-30(11-17-49)34-25-31-8-6-7-9-35(31)44-38(34)51/h6-9,22-23,25-26,30,33,36H,10-21,24,27H2,1-5H3,(H,44,51)(H,45,54). The smallest absolute Gasteiger partial charge is 0.318 e. The number of aromatic amines is 1. The lowest BCUT2D eigenvalue weighted by atomic mass is 9.89. The number of H-pyrrole nitrogens is 1. The monoisotopic (exact) mass is 752 g/mol. The third-order valence-corrected chi connectivity index (χ3v) is 11.8. The van der Waals surface area contributed by atoms with Crippen LogP contribution in [0.1, 0.15) is 69.1 Å². The highest BCUT2D eigenvalue weighted by Crippen LogP contribution is 2.28. The molecule has 2 aromatic carbocycles. The van der Waals surface area contributed by atoms with Gasteiger partial charge in [0.05, 0.1) is 17.1 Å². The van der Waals surface area contributed by atoms with Gasteiger partial charge >= 0.3 is 12.0 Å². The van der Waals surface area contributed by atoms with Gasteiger partial charge in [0.15, 0.2) is 6.73 Å². The third-order valence-electron chi connectivity index (χ3n) is 11.8. The van der Waals surface area contributed by atoms with Crippen molar-refractivity contribution in [3.8, 4) is 0 Å². The fraction of sp³-hybridized carbons (Fsp3) is 0.548. The summed E-state index contributed by atoms with van der Waals surface area (Å²) in [5.74, 6) is -0.332. The van der Waals surface area contributed by atoms with Crippen LogP contribution in [0.2, 0.25) is 0 Å². The van der Waals surface area contributed by atoms with Crippen molar-refractivity contribution in [1.82, 2.24) is 39.7 Å². The quantitative estimate of drug-likeness (QED) is 0.252. The van der Waals surface area contributed by atoms with Crippen molar-refractivity contribution in [2.75, 3.05) is 59.4 Å². The number of aryl methyl sites for hydroxylation is 1. The van der Waals surface area contributed by atoms with E-state index in [0.717, 1.165) is 77.5 Å². The van der Waals surface area contributed by atoms with Crippen LogP contribution in [-0.2, 0) is 27.5 Å². The molecule has 0 spiro atoms.